The fraction of sp³-hybridized carbons (Fsp3) is 0.154. The van der Waals surface area contributed by atoms with Crippen molar-refractivity contribution >= 4 is 23.1 Å². The van der Waals surface area contributed by atoms with Crippen molar-refractivity contribution in [2.45, 2.75) is 12.8 Å². The van der Waals surface area contributed by atoms with Gasteiger partial charge in [-0.15, -0.1) is 0 Å². The highest BCUT2D eigenvalue weighted by molar-refractivity contribution is 5.78. The third-order valence-electron chi connectivity index (χ3n) is 2.65. The highest BCUT2D eigenvalue weighted by Crippen LogP contribution is 2.06. The number of rotatable bonds is 0. The Kier molecular flexibility index (Phi) is 1.63. The Bertz CT molecular complexity index is 542. The van der Waals surface area contributed by atoms with Crippen molar-refractivity contribution in [1.29, 1.82) is 0 Å². The van der Waals surface area contributed by atoms with E-state index in [2.05, 4.69) is 41.4 Å². The largest absolute Gasteiger partial charge is 0.248 e. The van der Waals surface area contributed by atoms with Gasteiger partial charge >= 0.3 is 0 Å². The first-order valence-corrected chi connectivity index (χ1v) is 5.00. The van der Waals surface area contributed by atoms with Gasteiger partial charge in [0.25, 0.3) is 0 Å². The molecule has 0 saturated heterocycles. The molecule has 0 spiro atoms. The smallest absolute Gasteiger partial charge is 0.0709 e. The monoisotopic (exact) mass is 181 g/mol. The second kappa shape index (κ2) is 2.95. The minimum absolute atomic E-state index is 1.10. The molecule has 1 aromatic carbocycles. The van der Waals surface area contributed by atoms with Gasteiger partial charge in [0.15, 0.2) is 0 Å². The number of hydrogen-bond acceptors (Lipinski definition) is 1. The molecule has 0 atom stereocenters. The molecule has 1 aromatic heterocycles. The summed E-state index contributed by atoms with van der Waals surface area (Å²) < 4.78 is 0. The second-order valence-corrected chi connectivity index (χ2v) is 3.64. The molecular formula is C13H11N. The van der Waals surface area contributed by atoms with Gasteiger partial charge in [-0.05, 0) is 30.2 Å². The summed E-state index contributed by atoms with van der Waals surface area (Å²) in [5, 5.41) is 3.67. The molecule has 0 N–H and O–H groups in total. The predicted molar refractivity (Wildman–Crippen MR) is 59.2 cm³/mol. The van der Waals surface area contributed by atoms with E-state index >= 15 is 0 Å². The molecule has 2 aromatic rings. The van der Waals surface area contributed by atoms with E-state index in [0.29, 0.717) is 0 Å². The number of benzene rings is 1. The third-order valence-corrected chi connectivity index (χ3v) is 2.65. The molecular weight excluding hydrogens is 170 g/mol. The quantitative estimate of drug-likeness (QED) is 0.601. The molecule has 14 heavy (non-hydrogen) atoms. The number of hydrogen-bond donors (Lipinski definition) is 0. The van der Waals surface area contributed by atoms with Crippen molar-refractivity contribution in [2.75, 3.05) is 0 Å². The standard InChI is InChI=1S/C13H11N/c1-3-7-12-10(5-1)9-11-6-2-4-8-13(11)14-12/h1,3,5-9H,2,4H2. The summed E-state index contributed by atoms with van der Waals surface area (Å²) in [5.41, 5.74) is 1.10. The van der Waals surface area contributed by atoms with E-state index in [0.717, 1.165) is 23.7 Å². The summed E-state index contributed by atoms with van der Waals surface area (Å²) in [4.78, 5) is 4.63. The lowest BCUT2D eigenvalue weighted by molar-refractivity contribution is 1.09. The molecule has 68 valence electrons. The first-order chi connectivity index (χ1) is 6.93. The zero-order chi connectivity index (χ0) is 9.38. The summed E-state index contributed by atoms with van der Waals surface area (Å²) in [6.45, 7) is 0. The molecule has 0 unspecified atom stereocenters. The molecule has 0 aliphatic heterocycles. The van der Waals surface area contributed by atoms with Gasteiger partial charge in [-0.3, -0.25) is 0 Å². The number of para-hydroxylation sites is 1. The van der Waals surface area contributed by atoms with Gasteiger partial charge in [-0.25, -0.2) is 4.98 Å². The van der Waals surface area contributed by atoms with Crippen molar-refractivity contribution < 1.29 is 0 Å². The van der Waals surface area contributed by atoms with Crippen LogP contribution in [0.5, 0.6) is 0 Å². The van der Waals surface area contributed by atoms with Crippen LogP contribution in [0.15, 0.2) is 30.3 Å². The molecule has 0 bridgehead atoms. The maximum Gasteiger partial charge on any atom is 0.0709 e. The summed E-state index contributed by atoms with van der Waals surface area (Å²) in [5.74, 6) is 0. The van der Waals surface area contributed by atoms with E-state index < -0.39 is 0 Å². The summed E-state index contributed by atoms with van der Waals surface area (Å²) in [7, 11) is 0. The Hall–Kier alpha value is -1.63. The van der Waals surface area contributed by atoms with Crippen LogP contribution < -0.4 is 10.6 Å². The van der Waals surface area contributed by atoms with Crippen molar-refractivity contribution in [3.63, 3.8) is 0 Å². The number of aromatic nitrogens is 1. The lowest BCUT2D eigenvalue weighted by Crippen LogP contribution is -2.29. The average Bonchev–Trinajstić information content (AvgIpc) is 2.26. The van der Waals surface area contributed by atoms with Gasteiger partial charge in [-0.1, -0.05) is 30.4 Å². The van der Waals surface area contributed by atoms with E-state index in [1.165, 1.54) is 10.6 Å². The Balaban J connectivity index is 2.51. The van der Waals surface area contributed by atoms with Crippen LogP contribution in [0, 0.1) is 0 Å². The van der Waals surface area contributed by atoms with Crippen LogP contribution in [0.2, 0.25) is 0 Å². The summed E-state index contributed by atoms with van der Waals surface area (Å²) in [6, 6.07) is 10.5. The van der Waals surface area contributed by atoms with Crippen molar-refractivity contribution in [3.8, 4) is 0 Å². The Morgan fingerprint density at radius 3 is 2.86 bits per heavy atom. The van der Waals surface area contributed by atoms with E-state index in [4.69, 9.17) is 0 Å². The zero-order valence-electron chi connectivity index (χ0n) is 7.90. The Labute approximate surface area is 82.4 Å². The predicted octanol–water partition coefficient (Wildman–Crippen LogP) is 1.59. The number of nitrogens with zero attached hydrogens (tertiary/aromatic N) is 1. The summed E-state index contributed by atoms with van der Waals surface area (Å²) in [6.07, 6.45) is 6.77. The van der Waals surface area contributed by atoms with Gasteiger partial charge < -0.3 is 0 Å². The molecule has 1 aliphatic carbocycles. The van der Waals surface area contributed by atoms with Gasteiger partial charge in [0, 0.05) is 5.39 Å². The first kappa shape index (κ1) is 7.74. The van der Waals surface area contributed by atoms with Crippen LogP contribution in [-0.4, -0.2) is 4.98 Å². The zero-order valence-corrected chi connectivity index (χ0v) is 7.90. The number of pyridine rings is 1. The summed E-state index contributed by atoms with van der Waals surface area (Å²) >= 11 is 0. The highest BCUT2D eigenvalue weighted by atomic mass is 14.7. The van der Waals surface area contributed by atoms with E-state index in [9.17, 15) is 0 Å². The van der Waals surface area contributed by atoms with Gasteiger partial charge in [0.2, 0.25) is 0 Å². The van der Waals surface area contributed by atoms with Crippen LogP contribution in [-0.2, 0) is 0 Å². The van der Waals surface area contributed by atoms with Gasteiger partial charge in [0.1, 0.15) is 0 Å². The molecule has 3 rings (SSSR count). The van der Waals surface area contributed by atoms with Crippen LogP contribution in [0.25, 0.3) is 23.1 Å². The fourth-order valence-electron chi connectivity index (χ4n) is 1.93. The molecule has 0 saturated carbocycles. The number of fused-ring (bicyclic) bond motifs is 2. The average molecular weight is 181 g/mol. The molecule has 0 radical (unpaired) electrons. The van der Waals surface area contributed by atoms with Crippen LogP contribution >= 0.6 is 0 Å². The topological polar surface area (TPSA) is 12.9 Å². The third kappa shape index (κ3) is 1.13. The lowest BCUT2D eigenvalue weighted by Gasteiger charge is -2.01. The molecule has 0 amide bonds. The second-order valence-electron chi connectivity index (χ2n) is 3.64. The highest BCUT2D eigenvalue weighted by Gasteiger charge is 1.97. The molecule has 1 nitrogen and oxygen atoms in total. The van der Waals surface area contributed by atoms with Crippen LogP contribution in [0.1, 0.15) is 12.8 Å². The molecule has 1 aliphatic rings. The van der Waals surface area contributed by atoms with Crippen LogP contribution in [0.4, 0.5) is 0 Å². The molecule has 1 heteroatoms. The normalized spacial score (nSPS) is 14.3. The van der Waals surface area contributed by atoms with Crippen molar-refractivity contribution in [1.82, 2.24) is 4.98 Å². The molecule has 1 heterocycles. The Morgan fingerprint density at radius 1 is 1.00 bits per heavy atom. The Morgan fingerprint density at radius 2 is 1.86 bits per heavy atom. The van der Waals surface area contributed by atoms with Gasteiger partial charge in [-0.2, -0.15) is 0 Å². The fourth-order valence-corrected chi connectivity index (χ4v) is 1.93. The van der Waals surface area contributed by atoms with E-state index in [1.807, 2.05) is 6.07 Å². The minimum Gasteiger partial charge on any atom is -0.248 e. The maximum atomic E-state index is 4.63. The van der Waals surface area contributed by atoms with E-state index in [-0.39, 0.29) is 0 Å². The van der Waals surface area contributed by atoms with Gasteiger partial charge in [0.05, 0.1) is 10.9 Å². The van der Waals surface area contributed by atoms with Crippen LogP contribution in [0.3, 0.4) is 0 Å². The lowest BCUT2D eigenvalue weighted by atomic mass is 10.1. The molecule has 0 fully saturated rings. The van der Waals surface area contributed by atoms with Crippen molar-refractivity contribution in [2.24, 2.45) is 0 Å². The maximum absolute atomic E-state index is 4.63. The van der Waals surface area contributed by atoms with E-state index in [1.54, 1.807) is 0 Å². The first-order valence-electron chi connectivity index (χ1n) is 5.00. The minimum atomic E-state index is 1.10. The SMILES string of the molecule is C1=c2cc3ccccc3nc2=CCC1. The van der Waals surface area contributed by atoms with Crippen molar-refractivity contribution in [3.05, 3.63) is 40.9 Å².